The zero-order valence-electron chi connectivity index (χ0n) is 32.5. The molecule has 0 saturated carbocycles. The van der Waals surface area contributed by atoms with Crippen molar-refractivity contribution < 1.29 is 4.74 Å². The number of nitrogens with zero attached hydrogens (tertiary/aromatic N) is 3. The summed E-state index contributed by atoms with van der Waals surface area (Å²) in [6, 6.07) is 51.9. The maximum atomic E-state index is 6.57. The molecular formula is C54H41N3O. The zero-order valence-corrected chi connectivity index (χ0v) is 32.5. The van der Waals surface area contributed by atoms with E-state index in [0.717, 1.165) is 40.0 Å². The minimum absolute atomic E-state index is 0.0170. The van der Waals surface area contributed by atoms with Crippen LogP contribution in [0.15, 0.2) is 182 Å². The summed E-state index contributed by atoms with van der Waals surface area (Å²) < 4.78 is 6.57. The summed E-state index contributed by atoms with van der Waals surface area (Å²) in [7, 11) is 0. The van der Waals surface area contributed by atoms with Gasteiger partial charge < -0.3 is 4.74 Å². The molecule has 4 nitrogen and oxygen atoms in total. The third-order valence-electron chi connectivity index (χ3n) is 12.5. The number of aromatic nitrogens is 3. The van der Waals surface area contributed by atoms with Crippen molar-refractivity contribution in [3.63, 3.8) is 0 Å². The van der Waals surface area contributed by atoms with Crippen molar-refractivity contribution in [2.45, 2.75) is 43.6 Å². The fraction of sp³-hybridized carbons (Fsp3) is 0.130. The fourth-order valence-corrected chi connectivity index (χ4v) is 9.40. The van der Waals surface area contributed by atoms with Crippen molar-refractivity contribution in [3.8, 4) is 50.8 Å². The van der Waals surface area contributed by atoms with Crippen molar-refractivity contribution in [2.24, 2.45) is 0 Å². The van der Waals surface area contributed by atoms with E-state index >= 15 is 0 Å². The molecule has 0 radical (unpaired) electrons. The van der Waals surface area contributed by atoms with Gasteiger partial charge in [0.25, 0.3) is 0 Å². The van der Waals surface area contributed by atoms with Gasteiger partial charge in [0.05, 0.1) is 5.92 Å². The van der Waals surface area contributed by atoms with Crippen molar-refractivity contribution >= 4 is 11.1 Å². The van der Waals surface area contributed by atoms with Crippen molar-refractivity contribution in [3.05, 3.63) is 216 Å². The second-order valence-corrected chi connectivity index (χ2v) is 16.3. The number of benzene rings is 6. The molecule has 0 amide bonds. The largest absolute Gasteiger partial charge is 0.485 e. The van der Waals surface area contributed by atoms with Crippen LogP contribution in [-0.4, -0.2) is 21.1 Å². The summed E-state index contributed by atoms with van der Waals surface area (Å²) in [5.74, 6) is 3.14. The number of hydrogen-bond donors (Lipinski definition) is 0. The van der Waals surface area contributed by atoms with Gasteiger partial charge in [-0.05, 0) is 80.8 Å². The lowest BCUT2D eigenvalue weighted by molar-refractivity contribution is 0.271. The van der Waals surface area contributed by atoms with Crippen LogP contribution in [0.3, 0.4) is 0 Å². The van der Waals surface area contributed by atoms with E-state index < -0.39 is 0 Å². The van der Waals surface area contributed by atoms with Gasteiger partial charge in [-0.1, -0.05) is 172 Å². The summed E-state index contributed by atoms with van der Waals surface area (Å²) in [4.78, 5) is 15.1. The Bertz CT molecular complexity index is 2810. The van der Waals surface area contributed by atoms with Crippen LogP contribution in [-0.2, 0) is 5.41 Å². The Hall–Kier alpha value is -6.91. The summed E-state index contributed by atoms with van der Waals surface area (Å²) in [6.45, 7) is 4.70. The van der Waals surface area contributed by atoms with Crippen molar-refractivity contribution in [1.82, 2.24) is 15.0 Å². The smallest absolute Gasteiger partial charge is 0.164 e. The maximum Gasteiger partial charge on any atom is 0.164 e. The second kappa shape index (κ2) is 13.6. The van der Waals surface area contributed by atoms with E-state index in [-0.39, 0.29) is 17.4 Å². The molecule has 1 aliphatic heterocycles. The van der Waals surface area contributed by atoms with Crippen LogP contribution >= 0.6 is 0 Å². The standard InChI is InChI=1S/C54H41N3O/c1-54(2)46-21-10-9-19-42(46)43-29-27-41(33-47(43)54)39-18-11-17-38(31-39)34-23-25-35(26-24-34)40-28-30-48-45(32-40)50-44(20-12-22-49(50)58-48)53-56-51(36-13-5-3-6-14-36)55-52(57-53)37-15-7-4-8-16-37/h3-16,18-33,38,49-50H,17H2,1-2H3. The normalized spacial score (nSPS) is 19.3. The van der Waals surface area contributed by atoms with Crippen molar-refractivity contribution in [1.29, 1.82) is 0 Å². The lowest BCUT2D eigenvalue weighted by atomic mass is 9.81. The van der Waals surface area contributed by atoms with E-state index in [1.54, 1.807) is 0 Å². The first kappa shape index (κ1) is 34.3. The first-order valence-corrected chi connectivity index (χ1v) is 20.3. The first-order chi connectivity index (χ1) is 28.5. The Balaban J connectivity index is 0.889. The number of fused-ring (bicyclic) bond motifs is 6. The first-order valence-electron chi connectivity index (χ1n) is 20.3. The van der Waals surface area contributed by atoms with Gasteiger partial charge in [-0.15, -0.1) is 0 Å². The van der Waals surface area contributed by atoms with Crippen molar-refractivity contribution in [2.75, 3.05) is 0 Å². The van der Waals surface area contributed by atoms with E-state index in [1.807, 2.05) is 60.7 Å². The molecule has 0 spiro atoms. The van der Waals surface area contributed by atoms with Crippen LogP contribution in [0.1, 0.15) is 65.7 Å². The van der Waals surface area contributed by atoms with E-state index in [0.29, 0.717) is 23.4 Å². The predicted octanol–water partition coefficient (Wildman–Crippen LogP) is 12.8. The molecule has 11 rings (SSSR count). The average molecular weight is 748 g/mol. The molecule has 7 aromatic rings. The zero-order chi connectivity index (χ0) is 38.8. The lowest BCUT2D eigenvalue weighted by Gasteiger charge is -2.23. The summed E-state index contributed by atoms with van der Waals surface area (Å²) in [5.41, 5.74) is 15.9. The molecule has 0 bridgehead atoms. The fourth-order valence-electron chi connectivity index (χ4n) is 9.40. The average Bonchev–Trinajstić information content (AvgIpc) is 3.78. The number of ether oxygens (including phenoxy) is 1. The minimum Gasteiger partial charge on any atom is -0.485 e. The molecule has 58 heavy (non-hydrogen) atoms. The number of hydrogen-bond acceptors (Lipinski definition) is 4. The highest BCUT2D eigenvalue weighted by Gasteiger charge is 2.39. The van der Waals surface area contributed by atoms with Crippen LogP contribution < -0.4 is 4.74 Å². The van der Waals surface area contributed by atoms with Crippen LogP contribution in [0.25, 0.3) is 56.2 Å². The van der Waals surface area contributed by atoms with Crippen LogP contribution in [0.2, 0.25) is 0 Å². The summed E-state index contributed by atoms with van der Waals surface area (Å²) in [5, 5.41) is 0. The lowest BCUT2D eigenvalue weighted by Crippen LogP contribution is -2.20. The predicted molar refractivity (Wildman–Crippen MR) is 235 cm³/mol. The molecule has 2 heterocycles. The van der Waals surface area contributed by atoms with Gasteiger partial charge in [-0.2, -0.15) is 0 Å². The Morgan fingerprint density at radius 2 is 1.24 bits per heavy atom. The van der Waals surface area contributed by atoms with E-state index in [2.05, 4.69) is 135 Å². The molecule has 4 heteroatoms. The quantitative estimate of drug-likeness (QED) is 0.170. The molecule has 6 aromatic carbocycles. The Labute approximate surface area is 339 Å². The molecule has 3 aliphatic carbocycles. The molecule has 0 N–H and O–H groups in total. The Kier molecular flexibility index (Phi) is 8.07. The van der Waals surface area contributed by atoms with Gasteiger partial charge in [0.2, 0.25) is 0 Å². The van der Waals surface area contributed by atoms with Gasteiger partial charge in [-0.25, -0.2) is 15.0 Å². The summed E-state index contributed by atoms with van der Waals surface area (Å²) >= 11 is 0. The number of rotatable bonds is 6. The molecule has 3 unspecified atom stereocenters. The van der Waals surface area contributed by atoms with E-state index in [1.165, 1.54) is 44.5 Å². The highest BCUT2D eigenvalue weighted by molar-refractivity contribution is 5.85. The van der Waals surface area contributed by atoms with Gasteiger partial charge in [-0.3, -0.25) is 0 Å². The number of allylic oxidation sites excluding steroid dienone is 6. The monoisotopic (exact) mass is 747 g/mol. The molecule has 0 fully saturated rings. The molecular weight excluding hydrogens is 707 g/mol. The molecule has 278 valence electrons. The highest BCUT2D eigenvalue weighted by Crippen LogP contribution is 2.51. The van der Waals surface area contributed by atoms with Crippen LogP contribution in [0, 0.1) is 0 Å². The third kappa shape index (κ3) is 5.78. The highest BCUT2D eigenvalue weighted by atomic mass is 16.5. The second-order valence-electron chi connectivity index (χ2n) is 16.3. The Morgan fingerprint density at radius 3 is 2.00 bits per heavy atom. The minimum atomic E-state index is -0.142. The topological polar surface area (TPSA) is 47.9 Å². The van der Waals surface area contributed by atoms with E-state index in [9.17, 15) is 0 Å². The third-order valence-corrected chi connectivity index (χ3v) is 12.5. The van der Waals surface area contributed by atoms with Gasteiger partial charge >= 0.3 is 0 Å². The maximum absolute atomic E-state index is 6.57. The molecule has 0 saturated heterocycles. The Morgan fingerprint density at radius 1 is 0.586 bits per heavy atom. The van der Waals surface area contributed by atoms with Gasteiger partial charge in [0.1, 0.15) is 11.9 Å². The molecule has 1 aromatic heterocycles. The van der Waals surface area contributed by atoms with Gasteiger partial charge in [0, 0.05) is 33.6 Å². The van der Waals surface area contributed by atoms with Crippen LogP contribution in [0.5, 0.6) is 5.75 Å². The van der Waals surface area contributed by atoms with Crippen LogP contribution in [0.4, 0.5) is 0 Å². The molecule has 4 aliphatic rings. The summed E-state index contributed by atoms with van der Waals surface area (Å²) in [6.07, 6.45) is 14.3. The molecule has 3 atom stereocenters. The van der Waals surface area contributed by atoms with Gasteiger partial charge in [0.15, 0.2) is 17.5 Å². The SMILES string of the molecule is CC1(C)c2ccccc2-c2ccc(C3=CC(c4ccc(-c5ccc6c(c5)C5C(c7nc(-c8ccccc8)nc(-c8ccccc8)n7)=CC=CC5O6)cc4)CC=C3)cc21. The van der Waals surface area contributed by atoms with E-state index in [4.69, 9.17) is 19.7 Å².